The van der Waals surface area contributed by atoms with Gasteiger partial charge in [0.15, 0.2) is 0 Å². The summed E-state index contributed by atoms with van der Waals surface area (Å²) < 4.78 is 1.10. The Labute approximate surface area is 123 Å². The van der Waals surface area contributed by atoms with Crippen LogP contribution in [-0.2, 0) is 6.42 Å². The van der Waals surface area contributed by atoms with Crippen LogP contribution in [-0.4, -0.2) is 0 Å². The number of nitrogens with two attached hydrogens (primary N) is 1. The molecule has 0 saturated carbocycles. The molecule has 0 radical (unpaired) electrons. The monoisotopic (exact) mass is 318 g/mol. The summed E-state index contributed by atoms with van der Waals surface area (Å²) in [5, 5.41) is 0. The first kappa shape index (κ1) is 14.3. The Hall–Kier alpha value is -1.16. The fourth-order valence-corrected chi connectivity index (χ4v) is 2.72. The molecule has 3 heteroatoms. The van der Waals surface area contributed by atoms with Gasteiger partial charge in [-0.1, -0.05) is 51.8 Å². The van der Waals surface area contributed by atoms with Crippen LogP contribution in [0.2, 0.25) is 0 Å². The molecule has 0 aliphatic rings. The van der Waals surface area contributed by atoms with Crippen LogP contribution in [0.5, 0.6) is 0 Å². The van der Waals surface area contributed by atoms with Crippen molar-refractivity contribution in [1.29, 1.82) is 0 Å². The molecule has 2 aromatic carbocycles. The summed E-state index contributed by atoms with van der Waals surface area (Å²) in [5.74, 6) is 5.73. The summed E-state index contributed by atoms with van der Waals surface area (Å²) in [5.41, 5.74) is 7.97. The van der Waals surface area contributed by atoms with Crippen molar-refractivity contribution in [2.45, 2.75) is 26.3 Å². The van der Waals surface area contributed by atoms with Crippen molar-refractivity contribution >= 4 is 15.9 Å². The van der Waals surface area contributed by atoms with Crippen molar-refractivity contribution < 1.29 is 0 Å². The van der Waals surface area contributed by atoms with Gasteiger partial charge >= 0.3 is 0 Å². The maximum absolute atomic E-state index is 5.73. The van der Waals surface area contributed by atoms with E-state index in [0.29, 0.717) is 0 Å². The lowest BCUT2D eigenvalue weighted by molar-refractivity contribution is 0.549. The van der Waals surface area contributed by atoms with Crippen molar-refractivity contribution in [1.82, 2.24) is 5.43 Å². The Bertz CT molecular complexity index is 549. The molecule has 2 rings (SSSR count). The summed E-state index contributed by atoms with van der Waals surface area (Å²) in [6.07, 6.45) is 0.888. The van der Waals surface area contributed by atoms with Crippen LogP contribution in [0, 0.1) is 13.8 Å². The fraction of sp³-hybridized carbons (Fsp3) is 0.250. The summed E-state index contributed by atoms with van der Waals surface area (Å²) in [4.78, 5) is 0. The summed E-state index contributed by atoms with van der Waals surface area (Å²) in [6.45, 7) is 4.21. The van der Waals surface area contributed by atoms with Gasteiger partial charge in [0, 0.05) is 4.47 Å². The molecule has 19 heavy (non-hydrogen) atoms. The minimum atomic E-state index is 0.135. The third-order valence-electron chi connectivity index (χ3n) is 3.37. The van der Waals surface area contributed by atoms with Crippen molar-refractivity contribution in [3.05, 3.63) is 69.2 Å². The number of nitrogens with one attached hydrogen (secondary N) is 1. The molecule has 0 aromatic heterocycles. The van der Waals surface area contributed by atoms with E-state index >= 15 is 0 Å². The molecule has 1 atom stereocenters. The number of hydrogen-bond donors (Lipinski definition) is 2. The quantitative estimate of drug-likeness (QED) is 0.664. The lowest BCUT2D eigenvalue weighted by Gasteiger charge is -2.19. The van der Waals surface area contributed by atoms with Crippen molar-refractivity contribution in [2.75, 3.05) is 0 Å². The van der Waals surface area contributed by atoms with E-state index in [2.05, 4.69) is 77.7 Å². The second-order valence-corrected chi connectivity index (χ2v) is 5.83. The molecule has 100 valence electrons. The molecule has 0 saturated heterocycles. The highest BCUT2D eigenvalue weighted by molar-refractivity contribution is 9.10. The van der Waals surface area contributed by atoms with E-state index in [1.165, 1.54) is 22.3 Å². The molecule has 2 nitrogen and oxygen atoms in total. The zero-order chi connectivity index (χ0) is 13.8. The Morgan fingerprint density at radius 1 is 1.11 bits per heavy atom. The molecule has 1 unspecified atom stereocenters. The average molecular weight is 319 g/mol. The largest absolute Gasteiger partial charge is 0.271 e. The van der Waals surface area contributed by atoms with Gasteiger partial charge in [-0.25, -0.2) is 0 Å². The predicted octanol–water partition coefficient (Wildman–Crippen LogP) is 3.81. The van der Waals surface area contributed by atoms with Gasteiger partial charge < -0.3 is 0 Å². The highest BCUT2D eigenvalue weighted by Gasteiger charge is 2.13. The van der Waals surface area contributed by atoms with Gasteiger partial charge in [-0.3, -0.25) is 11.3 Å². The van der Waals surface area contributed by atoms with Gasteiger partial charge in [0.1, 0.15) is 0 Å². The Kier molecular flexibility index (Phi) is 4.75. The van der Waals surface area contributed by atoms with Crippen LogP contribution in [0.25, 0.3) is 0 Å². The predicted molar refractivity (Wildman–Crippen MR) is 83.8 cm³/mol. The van der Waals surface area contributed by atoms with E-state index in [4.69, 9.17) is 5.84 Å². The second kappa shape index (κ2) is 6.33. The summed E-state index contributed by atoms with van der Waals surface area (Å²) in [6, 6.07) is 15.0. The SMILES string of the molecule is Cc1ccc(CC(NN)c2ccc(Br)cc2C)cc1. The number of rotatable bonds is 4. The van der Waals surface area contributed by atoms with Gasteiger partial charge in [-0.05, 0) is 49.1 Å². The topological polar surface area (TPSA) is 38.0 Å². The minimum absolute atomic E-state index is 0.135. The third kappa shape index (κ3) is 3.66. The molecule has 0 spiro atoms. The summed E-state index contributed by atoms with van der Waals surface area (Å²) in [7, 11) is 0. The maximum Gasteiger partial charge on any atom is 0.0502 e. The standard InChI is InChI=1S/C16H19BrN2/c1-11-3-5-13(6-4-11)10-16(19-18)15-8-7-14(17)9-12(15)2/h3-9,16,19H,10,18H2,1-2H3. The third-order valence-corrected chi connectivity index (χ3v) is 3.86. The first-order valence-corrected chi connectivity index (χ1v) is 7.17. The highest BCUT2D eigenvalue weighted by atomic mass is 79.9. The van der Waals surface area contributed by atoms with Crippen LogP contribution >= 0.6 is 15.9 Å². The molecule has 0 amide bonds. The zero-order valence-electron chi connectivity index (χ0n) is 11.3. The Morgan fingerprint density at radius 2 is 1.79 bits per heavy atom. The Balaban J connectivity index is 2.22. The molecule has 3 N–H and O–H groups in total. The fourth-order valence-electron chi connectivity index (χ4n) is 2.25. The van der Waals surface area contributed by atoms with E-state index in [9.17, 15) is 0 Å². The van der Waals surface area contributed by atoms with Gasteiger partial charge in [0.25, 0.3) is 0 Å². The molecule has 2 aromatic rings. The molecular weight excluding hydrogens is 300 g/mol. The second-order valence-electron chi connectivity index (χ2n) is 4.91. The number of hydrazine groups is 1. The van der Waals surface area contributed by atoms with E-state index in [1.54, 1.807) is 0 Å². The normalized spacial score (nSPS) is 12.4. The smallest absolute Gasteiger partial charge is 0.0502 e. The number of benzene rings is 2. The molecule has 0 bridgehead atoms. The molecule has 0 fully saturated rings. The van der Waals surface area contributed by atoms with E-state index < -0.39 is 0 Å². The van der Waals surface area contributed by atoms with Gasteiger partial charge in [-0.15, -0.1) is 0 Å². The first-order chi connectivity index (χ1) is 9.10. The zero-order valence-corrected chi connectivity index (χ0v) is 12.9. The van der Waals surface area contributed by atoms with Crippen LogP contribution < -0.4 is 11.3 Å². The van der Waals surface area contributed by atoms with Crippen molar-refractivity contribution in [3.8, 4) is 0 Å². The van der Waals surface area contributed by atoms with Gasteiger partial charge in [0.2, 0.25) is 0 Å². The molecule has 0 aliphatic heterocycles. The van der Waals surface area contributed by atoms with Crippen molar-refractivity contribution in [3.63, 3.8) is 0 Å². The van der Waals surface area contributed by atoms with Crippen LogP contribution in [0.1, 0.15) is 28.3 Å². The van der Waals surface area contributed by atoms with Crippen LogP contribution in [0.15, 0.2) is 46.9 Å². The first-order valence-electron chi connectivity index (χ1n) is 6.38. The molecular formula is C16H19BrN2. The number of halogens is 1. The minimum Gasteiger partial charge on any atom is -0.271 e. The van der Waals surface area contributed by atoms with E-state index in [1.807, 2.05) is 0 Å². The van der Waals surface area contributed by atoms with Crippen LogP contribution in [0.3, 0.4) is 0 Å². The summed E-state index contributed by atoms with van der Waals surface area (Å²) >= 11 is 3.49. The number of aryl methyl sites for hydroxylation is 2. The lowest BCUT2D eigenvalue weighted by atomic mass is 9.95. The van der Waals surface area contributed by atoms with Crippen LogP contribution in [0.4, 0.5) is 0 Å². The lowest BCUT2D eigenvalue weighted by Crippen LogP contribution is -2.30. The molecule has 0 aliphatic carbocycles. The Morgan fingerprint density at radius 3 is 2.37 bits per heavy atom. The average Bonchev–Trinajstić information content (AvgIpc) is 2.39. The molecule has 0 heterocycles. The number of hydrogen-bond acceptors (Lipinski definition) is 2. The maximum atomic E-state index is 5.73. The van der Waals surface area contributed by atoms with Gasteiger partial charge in [-0.2, -0.15) is 0 Å². The van der Waals surface area contributed by atoms with E-state index in [-0.39, 0.29) is 6.04 Å². The van der Waals surface area contributed by atoms with E-state index in [0.717, 1.165) is 10.9 Å². The van der Waals surface area contributed by atoms with Crippen molar-refractivity contribution in [2.24, 2.45) is 5.84 Å². The highest BCUT2D eigenvalue weighted by Crippen LogP contribution is 2.24. The van der Waals surface area contributed by atoms with Gasteiger partial charge in [0.05, 0.1) is 6.04 Å².